The summed E-state index contributed by atoms with van der Waals surface area (Å²) in [6, 6.07) is 8.99. The molecular formula is C18H21NO7. The first kappa shape index (κ1) is 20.9. The molecule has 0 unspecified atom stereocenters. The van der Waals surface area contributed by atoms with Gasteiger partial charge >= 0.3 is 17.9 Å². The summed E-state index contributed by atoms with van der Waals surface area (Å²) in [5.74, 6) is -3.39. The summed E-state index contributed by atoms with van der Waals surface area (Å²) in [6.45, 7) is 2.33. The minimum absolute atomic E-state index is 0.139. The maximum absolute atomic E-state index is 12.3. The zero-order chi connectivity index (χ0) is 19.5. The van der Waals surface area contributed by atoms with Crippen LogP contribution in [0.4, 0.5) is 0 Å². The van der Waals surface area contributed by atoms with E-state index in [-0.39, 0.29) is 25.3 Å². The molecule has 140 valence electrons. The Bertz CT molecular complexity index is 682. The Morgan fingerprint density at radius 3 is 2.35 bits per heavy atom. The minimum Gasteiger partial charge on any atom is -0.478 e. The van der Waals surface area contributed by atoms with Crippen molar-refractivity contribution in [2.75, 3.05) is 19.8 Å². The number of benzene rings is 1. The molecule has 0 aromatic heterocycles. The number of hydrogen-bond acceptors (Lipinski definition) is 6. The highest BCUT2D eigenvalue weighted by molar-refractivity contribution is 5.96. The van der Waals surface area contributed by atoms with E-state index < -0.39 is 30.4 Å². The van der Waals surface area contributed by atoms with Gasteiger partial charge in [-0.1, -0.05) is 30.3 Å². The highest BCUT2D eigenvalue weighted by Gasteiger charge is 2.20. The predicted octanol–water partition coefficient (Wildman–Crippen LogP) is 1.15. The number of carbonyl (C=O) groups excluding carboxylic acids is 3. The number of amides is 1. The molecular weight excluding hydrogens is 342 g/mol. The van der Waals surface area contributed by atoms with Crippen LogP contribution >= 0.6 is 0 Å². The van der Waals surface area contributed by atoms with Crippen LogP contribution in [0.15, 0.2) is 42.0 Å². The summed E-state index contributed by atoms with van der Waals surface area (Å²) in [5.41, 5.74) is 0.642. The Morgan fingerprint density at radius 2 is 1.77 bits per heavy atom. The third-order valence-electron chi connectivity index (χ3n) is 3.18. The zero-order valence-corrected chi connectivity index (χ0v) is 14.6. The highest BCUT2D eigenvalue weighted by Crippen LogP contribution is 2.06. The SMILES string of the molecule is CCOC(=O)CN(Cc1ccccc1)C(=O)COC(=O)C(C)=CC(=O)O. The van der Waals surface area contributed by atoms with Crippen molar-refractivity contribution in [3.8, 4) is 0 Å². The third kappa shape index (κ3) is 7.61. The molecule has 1 aromatic rings. The van der Waals surface area contributed by atoms with Crippen LogP contribution in [0, 0.1) is 0 Å². The summed E-state index contributed by atoms with van der Waals surface area (Å²) in [6.07, 6.45) is 0.688. The number of nitrogens with zero attached hydrogens (tertiary/aromatic N) is 1. The Balaban J connectivity index is 2.75. The molecule has 8 heteroatoms. The smallest absolute Gasteiger partial charge is 0.334 e. The van der Waals surface area contributed by atoms with Crippen molar-refractivity contribution >= 4 is 23.8 Å². The molecule has 0 saturated heterocycles. The van der Waals surface area contributed by atoms with Crippen LogP contribution in [0.25, 0.3) is 0 Å². The maximum Gasteiger partial charge on any atom is 0.334 e. The summed E-state index contributed by atoms with van der Waals surface area (Å²) in [5, 5.41) is 8.60. The fraction of sp³-hybridized carbons (Fsp3) is 0.333. The molecule has 26 heavy (non-hydrogen) atoms. The van der Waals surface area contributed by atoms with Crippen molar-refractivity contribution in [2.45, 2.75) is 20.4 Å². The van der Waals surface area contributed by atoms with E-state index in [2.05, 4.69) is 0 Å². The van der Waals surface area contributed by atoms with Crippen molar-refractivity contribution in [1.82, 2.24) is 4.90 Å². The molecule has 0 fully saturated rings. The Kier molecular flexibility index (Phi) is 8.56. The first-order valence-electron chi connectivity index (χ1n) is 7.89. The van der Waals surface area contributed by atoms with E-state index in [1.54, 1.807) is 31.2 Å². The summed E-state index contributed by atoms with van der Waals surface area (Å²) in [4.78, 5) is 47.5. The first-order valence-corrected chi connectivity index (χ1v) is 7.89. The van der Waals surface area contributed by atoms with Gasteiger partial charge in [-0.3, -0.25) is 9.59 Å². The summed E-state index contributed by atoms with van der Waals surface area (Å²) >= 11 is 0. The number of carboxylic acids is 1. The molecule has 0 bridgehead atoms. The second kappa shape index (κ2) is 10.7. The lowest BCUT2D eigenvalue weighted by atomic mass is 10.2. The maximum atomic E-state index is 12.3. The van der Waals surface area contributed by atoms with Gasteiger partial charge in [-0.25, -0.2) is 9.59 Å². The van der Waals surface area contributed by atoms with Crippen molar-refractivity contribution in [3.63, 3.8) is 0 Å². The van der Waals surface area contributed by atoms with Crippen LogP contribution in [0.2, 0.25) is 0 Å². The molecule has 0 atom stereocenters. The van der Waals surface area contributed by atoms with Crippen LogP contribution in [0.1, 0.15) is 19.4 Å². The number of ether oxygens (including phenoxy) is 2. The van der Waals surface area contributed by atoms with E-state index in [4.69, 9.17) is 14.6 Å². The molecule has 1 N–H and O–H groups in total. The summed E-state index contributed by atoms with van der Waals surface area (Å²) < 4.78 is 9.67. The number of carbonyl (C=O) groups is 4. The average Bonchev–Trinajstić information content (AvgIpc) is 2.59. The largest absolute Gasteiger partial charge is 0.478 e. The average molecular weight is 363 g/mol. The van der Waals surface area contributed by atoms with Crippen molar-refractivity contribution < 1.29 is 33.8 Å². The van der Waals surface area contributed by atoms with E-state index in [1.165, 1.54) is 11.8 Å². The third-order valence-corrected chi connectivity index (χ3v) is 3.18. The molecule has 0 spiro atoms. The molecule has 0 heterocycles. The van der Waals surface area contributed by atoms with Gasteiger partial charge in [-0.15, -0.1) is 0 Å². The van der Waals surface area contributed by atoms with Crippen molar-refractivity contribution in [3.05, 3.63) is 47.5 Å². The number of aliphatic carboxylic acids is 1. The van der Waals surface area contributed by atoms with Crippen LogP contribution in [0.3, 0.4) is 0 Å². The van der Waals surface area contributed by atoms with Gasteiger partial charge in [0.15, 0.2) is 6.61 Å². The summed E-state index contributed by atoms with van der Waals surface area (Å²) in [7, 11) is 0. The molecule has 1 amide bonds. The monoisotopic (exact) mass is 363 g/mol. The van der Waals surface area contributed by atoms with Crippen molar-refractivity contribution in [1.29, 1.82) is 0 Å². The standard InChI is InChI=1S/C18H21NO7/c1-3-25-17(23)11-19(10-14-7-5-4-6-8-14)15(20)12-26-18(24)13(2)9-16(21)22/h4-9H,3,10-12H2,1-2H3,(H,21,22). The van der Waals surface area contributed by atoms with E-state index in [0.717, 1.165) is 5.56 Å². The quantitative estimate of drug-likeness (QED) is 0.517. The number of rotatable bonds is 9. The first-order chi connectivity index (χ1) is 12.3. The van der Waals surface area contributed by atoms with E-state index in [9.17, 15) is 19.2 Å². The molecule has 0 saturated carbocycles. The normalized spacial score (nSPS) is 10.8. The van der Waals surface area contributed by atoms with Crippen LogP contribution in [-0.4, -0.2) is 53.6 Å². The fourth-order valence-corrected chi connectivity index (χ4v) is 1.98. The molecule has 1 aromatic carbocycles. The Labute approximate surface area is 151 Å². The lowest BCUT2D eigenvalue weighted by Crippen LogP contribution is -2.38. The Hall–Kier alpha value is -3.16. The van der Waals surface area contributed by atoms with E-state index in [1.807, 2.05) is 6.07 Å². The van der Waals surface area contributed by atoms with Gasteiger partial charge < -0.3 is 19.5 Å². The van der Waals surface area contributed by atoms with Crippen LogP contribution in [-0.2, 0) is 35.2 Å². The van der Waals surface area contributed by atoms with Gasteiger partial charge in [0.1, 0.15) is 6.54 Å². The Morgan fingerprint density at radius 1 is 1.12 bits per heavy atom. The molecule has 1 rings (SSSR count). The lowest BCUT2D eigenvalue weighted by Gasteiger charge is -2.21. The van der Waals surface area contributed by atoms with Gasteiger partial charge in [-0.2, -0.15) is 0 Å². The van der Waals surface area contributed by atoms with Gasteiger partial charge in [0.2, 0.25) is 0 Å². The van der Waals surface area contributed by atoms with E-state index in [0.29, 0.717) is 6.08 Å². The number of carboxylic acid groups (broad SMARTS) is 1. The van der Waals surface area contributed by atoms with Gasteiger partial charge in [0.05, 0.1) is 6.61 Å². The van der Waals surface area contributed by atoms with Gasteiger partial charge in [0.25, 0.3) is 5.91 Å². The van der Waals surface area contributed by atoms with Gasteiger partial charge in [0, 0.05) is 18.2 Å². The molecule has 8 nitrogen and oxygen atoms in total. The lowest BCUT2D eigenvalue weighted by molar-refractivity contribution is -0.154. The molecule has 0 radical (unpaired) electrons. The number of hydrogen-bond donors (Lipinski definition) is 1. The second-order valence-corrected chi connectivity index (χ2v) is 5.28. The zero-order valence-electron chi connectivity index (χ0n) is 14.6. The fourth-order valence-electron chi connectivity index (χ4n) is 1.98. The minimum atomic E-state index is -1.29. The molecule has 0 aliphatic carbocycles. The molecule has 0 aliphatic rings. The molecule has 0 aliphatic heterocycles. The second-order valence-electron chi connectivity index (χ2n) is 5.28. The number of esters is 2. The topological polar surface area (TPSA) is 110 Å². The highest BCUT2D eigenvalue weighted by atomic mass is 16.5. The van der Waals surface area contributed by atoms with E-state index >= 15 is 0 Å². The van der Waals surface area contributed by atoms with Crippen LogP contribution in [0.5, 0.6) is 0 Å². The van der Waals surface area contributed by atoms with Crippen LogP contribution < -0.4 is 0 Å². The predicted molar refractivity (Wildman–Crippen MR) is 90.8 cm³/mol. The van der Waals surface area contributed by atoms with Gasteiger partial charge in [-0.05, 0) is 19.4 Å². The van der Waals surface area contributed by atoms with Crippen molar-refractivity contribution in [2.24, 2.45) is 0 Å².